The zero-order chi connectivity index (χ0) is 29.4. The lowest BCUT2D eigenvalue weighted by atomic mass is 9.93. The van der Waals surface area contributed by atoms with Gasteiger partial charge in [0.05, 0.1) is 33.4 Å². The summed E-state index contributed by atoms with van der Waals surface area (Å²) in [6.07, 6.45) is 1.55. The lowest BCUT2D eigenvalue weighted by Gasteiger charge is -2.25. The summed E-state index contributed by atoms with van der Waals surface area (Å²) in [6.45, 7) is 7.79. The Kier molecular flexibility index (Phi) is 7.55. The average Bonchev–Trinajstić information content (AvgIpc) is 3.52. The topological polar surface area (TPSA) is 117 Å². The van der Waals surface area contributed by atoms with E-state index in [2.05, 4.69) is 18.8 Å². The van der Waals surface area contributed by atoms with E-state index in [0.717, 1.165) is 34.6 Å². The predicted octanol–water partition coefficient (Wildman–Crippen LogP) is 5.23. The van der Waals surface area contributed by atoms with Crippen molar-refractivity contribution in [2.75, 3.05) is 6.61 Å². The molecule has 1 aliphatic heterocycles. The highest BCUT2D eigenvalue weighted by Gasteiger charge is 2.33. The van der Waals surface area contributed by atoms with Crippen LogP contribution in [0.4, 0.5) is 10.1 Å². The van der Waals surface area contributed by atoms with E-state index in [1.807, 2.05) is 24.3 Å². The fourth-order valence-electron chi connectivity index (χ4n) is 4.69. The van der Waals surface area contributed by atoms with Crippen molar-refractivity contribution in [3.8, 4) is 11.3 Å². The van der Waals surface area contributed by atoms with Crippen LogP contribution in [0.2, 0.25) is 0 Å². The van der Waals surface area contributed by atoms with Gasteiger partial charge in [-0.25, -0.2) is 9.79 Å². The Morgan fingerprint density at radius 2 is 1.95 bits per heavy atom. The molecule has 4 aromatic rings. The number of halogens is 1. The number of nitro benzene ring substituents is 1. The maximum absolute atomic E-state index is 13.8. The average molecular weight is 576 g/mol. The second-order valence-electron chi connectivity index (χ2n) is 9.75. The number of carbonyl (C=O) groups is 1. The van der Waals surface area contributed by atoms with Gasteiger partial charge in [-0.05, 0) is 55.2 Å². The molecule has 0 saturated carbocycles. The number of carbonyl (C=O) groups excluding carboxylic acids is 1. The van der Waals surface area contributed by atoms with Gasteiger partial charge in [-0.2, -0.15) is 4.39 Å². The number of allylic oxidation sites excluding steroid dienone is 1. The molecule has 0 saturated heterocycles. The van der Waals surface area contributed by atoms with Crippen LogP contribution in [0.25, 0.3) is 17.4 Å². The normalized spacial score (nSPS) is 15.2. The number of fused-ring (bicyclic) bond motifs is 1. The standard InChI is InChI=1S/C30H26FN3O6S/c1-5-39-29(36)26-17(4)32-30-33(27(26)19-8-6-18(7-9-19)16(2)3)28(35)25(41-30)15-21-11-13-24(40-21)20-10-12-22(31)23(14-20)34(37)38/h6-16,27H,5H2,1-4H3/b25-15-/t27-/m1/s1. The number of nitro groups is 1. The van der Waals surface area contributed by atoms with Crippen molar-refractivity contribution >= 4 is 29.1 Å². The molecule has 2 aromatic carbocycles. The molecule has 11 heteroatoms. The third-order valence-electron chi connectivity index (χ3n) is 6.76. The molecule has 9 nitrogen and oxygen atoms in total. The number of ether oxygens (including phenoxy) is 1. The molecule has 0 radical (unpaired) electrons. The first-order valence-corrected chi connectivity index (χ1v) is 13.7. The van der Waals surface area contributed by atoms with Gasteiger partial charge in [-0.15, -0.1) is 0 Å². The van der Waals surface area contributed by atoms with Crippen molar-refractivity contribution in [2.45, 2.75) is 39.7 Å². The molecule has 3 heterocycles. The number of hydrogen-bond donors (Lipinski definition) is 0. The van der Waals surface area contributed by atoms with E-state index < -0.39 is 28.4 Å². The lowest BCUT2D eigenvalue weighted by Crippen LogP contribution is -2.39. The van der Waals surface area contributed by atoms with Crippen LogP contribution >= 0.6 is 11.3 Å². The van der Waals surface area contributed by atoms with Crippen LogP contribution in [0.5, 0.6) is 0 Å². The van der Waals surface area contributed by atoms with E-state index in [9.17, 15) is 24.1 Å². The molecule has 2 aromatic heterocycles. The van der Waals surface area contributed by atoms with Gasteiger partial charge in [-0.3, -0.25) is 19.5 Å². The quantitative estimate of drug-likeness (QED) is 0.169. The Morgan fingerprint density at radius 1 is 1.22 bits per heavy atom. The van der Waals surface area contributed by atoms with Crippen molar-refractivity contribution in [2.24, 2.45) is 4.99 Å². The molecule has 0 aliphatic carbocycles. The third kappa shape index (κ3) is 5.28. The SMILES string of the molecule is CCOC(=O)C1=C(C)N=c2s/c(=C\c3ccc(-c4ccc(F)c([N+](=O)[O-])c4)o3)c(=O)n2[C@@H]1c1ccc(C(C)C)cc1. The second kappa shape index (κ2) is 11.1. The van der Waals surface area contributed by atoms with Gasteiger partial charge < -0.3 is 9.15 Å². The van der Waals surface area contributed by atoms with Gasteiger partial charge >= 0.3 is 11.7 Å². The molecule has 210 valence electrons. The van der Waals surface area contributed by atoms with E-state index in [4.69, 9.17) is 9.15 Å². The third-order valence-corrected chi connectivity index (χ3v) is 7.75. The van der Waals surface area contributed by atoms with Crippen LogP contribution < -0.4 is 14.9 Å². The Balaban J connectivity index is 1.61. The first-order valence-electron chi connectivity index (χ1n) is 12.9. The van der Waals surface area contributed by atoms with Crippen molar-refractivity contribution in [1.29, 1.82) is 0 Å². The number of thiazole rings is 1. The molecule has 1 atom stereocenters. The van der Waals surface area contributed by atoms with E-state index in [-0.39, 0.29) is 17.9 Å². The van der Waals surface area contributed by atoms with Gasteiger partial charge in [0, 0.05) is 17.7 Å². The number of hydrogen-bond acceptors (Lipinski definition) is 8. The summed E-state index contributed by atoms with van der Waals surface area (Å²) >= 11 is 1.15. The molecule has 1 aliphatic rings. The zero-order valence-corrected chi connectivity index (χ0v) is 23.5. The number of esters is 1. The summed E-state index contributed by atoms with van der Waals surface area (Å²) in [7, 11) is 0. The first-order chi connectivity index (χ1) is 19.6. The number of aromatic nitrogens is 1. The first kappa shape index (κ1) is 27.9. The van der Waals surface area contributed by atoms with Gasteiger partial charge in [-0.1, -0.05) is 49.4 Å². The van der Waals surface area contributed by atoms with Crippen molar-refractivity contribution in [3.05, 3.63) is 118 Å². The van der Waals surface area contributed by atoms with Gasteiger partial charge in [0.15, 0.2) is 4.80 Å². The van der Waals surface area contributed by atoms with E-state index in [0.29, 0.717) is 37.8 Å². The summed E-state index contributed by atoms with van der Waals surface area (Å²) in [5.74, 6) is -0.582. The predicted molar refractivity (Wildman–Crippen MR) is 152 cm³/mol. The molecule has 0 N–H and O–H groups in total. The number of furan rings is 1. The van der Waals surface area contributed by atoms with Crippen LogP contribution in [-0.2, 0) is 9.53 Å². The minimum Gasteiger partial charge on any atom is -0.463 e. The fraction of sp³-hybridized carbons (Fsp3) is 0.233. The van der Waals surface area contributed by atoms with Crippen molar-refractivity contribution in [3.63, 3.8) is 0 Å². The van der Waals surface area contributed by atoms with Crippen LogP contribution in [0.3, 0.4) is 0 Å². The Morgan fingerprint density at radius 3 is 2.61 bits per heavy atom. The van der Waals surface area contributed by atoms with E-state index >= 15 is 0 Å². The molecular formula is C30H26FN3O6S. The highest BCUT2D eigenvalue weighted by Crippen LogP contribution is 2.32. The summed E-state index contributed by atoms with van der Waals surface area (Å²) < 4.78 is 26.8. The smallest absolute Gasteiger partial charge is 0.338 e. The number of benzene rings is 2. The highest BCUT2D eigenvalue weighted by molar-refractivity contribution is 7.07. The maximum Gasteiger partial charge on any atom is 0.338 e. The molecule has 0 spiro atoms. The molecule has 0 bridgehead atoms. The molecular weight excluding hydrogens is 549 g/mol. The molecule has 41 heavy (non-hydrogen) atoms. The van der Waals surface area contributed by atoms with Gasteiger partial charge in [0.25, 0.3) is 5.56 Å². The summed E-state index contributed by atoms with van der Waals surface area (Å²) in [6, 6.07) is 13.7. The highest BCUT2D eigenvalue weighted by atomic mass is 32.1. The molecule has 0 fully saturated rings. The van der Waals surface area contributed by atoms with Gasteiger partial charge in [0.1, 0.15) is 11.5 Å². The van der Waals surface area contributed by atoms with Crippen LogP contribution in [0.1, 0.15) is 56.5 Å². The van der Waals surface area contributed by atoms with Crippen LogP contribution in [-0.4, -0.2) is 22.1 Å². The second-order valence-corrected chi connectivity index (χ2v) is 10.8. The lowest BCUT2D eigenvalue weighted by molar-refractivity contribution is -0.387. The zero-order valence-electron chi connectivity index (χ0n) is 22.7. The number of rotatable bonds is 7. The summed E-state index contributed by atoms with van der Waals surface area (Å²) in [5.41, 5.74) is 1.92. The molecule has 5 rings (SSSR count). The Labute approximate surface area is 237 Å². The Hall–Kier alpha value is -4.64. The maximum atomic E-state index is 13.8. The summed E-state index contributed by atoms with van der Waals surface area (Å²) in [5, 5.41) is 11.1. The van der Waals surface area contributed by atoms with E-state index in [1.165, 1.54) is 10.6 Å². The van der Waals surface area contributed by atoms with Crippen LogP contribution in [0.15, 0.2) is 80.1 Å². The fourth-order valence-corrected chi connectivity index (χ4v) is 5.72. The Bertz CT molecular complexity index is 1880. The summed E-state index contributed by atoms with van der Waals surface area (Å²) in [4.78, 5) is 42.2. The van der Waals surface area contributed by atoms with E-state index in [1.54, 1.807) is 32.1 Å². The number of nitrogens with zero attached hydrogens (tertiary/aromatic N) is 3. The van der Waals surface area contributed by atoms with Crippen molar-refractivity contribution in [1.82, 2.24) is 4.57 Å². The van der Waals surface area contributed by atoms with Crippen LogP contribution in [0, 0.1) is 15.9 Å². The van der Waals surface area contributed by atoms with Crippen molar-refractivity contribution < 1.29 is 23.3 Å². The molecule has 0 unspecified atom stereocenters. The minimum absolute atomic E-state index is 0.178. The monoisotopic (exact) mass is 575 g/mol. The minimum atomic E-state index is -0.947. The van der Waals surface area contributed by atoms with Gasteiger partial charge in [0.2, 0.25) is 5.82 Å². The molecule has 0 amide bonds. The largest absolute Gasteiger partial charge is 0.463 e.